The van der Waals surface area contributed by atoms with Gasteiger partial charge in [-0.15, -0.1) is 0 Å². The lowest BCUT2D eigenvalue weighted by Gasteiger charge is -2.10. The van der Waals surface area contributed by atoms with E-state index >= 15 is 0 Å². The molecule has 1 aromatic carbocycles. The van der Waals surface area contributed by atoms with E-state index in [0.717, 1.165) is 24.0 Å². The summed E-state index contributed by atoms with van der Waals surface area (Å²) in [6, 6.07) is 3.75. The van der Waals surface area contributed by atoms with Gasteiger partial charge in [-0.25, -0.2) is 14.4 Å². The van der Waals surface area contributed by atoms with Gasteiger partial charge >= 0.3 is 6.18 Å². The zero-order chi connectivity index (χ0) is 19.4. The predicted molar refractivity (Wildman–Crippen MR) is 88.5 cm³/mol. The molecule has 6 nitrogen and oxygen atoms in total. The van der Waals surface area contributed by atoms with Crippen LogP contribution in [0.4, 0.5) is 17.6 Å². The molecule has 0 unspecified atom stereocenters. The highest BCUT2D eigenvalue weighted by atomic mass is 19.4. The lowest BCUT2D eigenvalue weighted by molar-refractivity contribution is -0.142. The molecule has 0 saturated heterocycles. The second-order valence-corrected chi connectivity index (χ2v) is 5.68. The van der Waals surface area contributed by atoms with Crippen molar-refractivity contribution in [2.24, 2.45) is 5.73 Å². The number of aromatic nitrogens is 4. The monoisotopic (exact) mass is 381 g/mol. The summed E-state index contributed by atoms with van der Waals surface area (Å²) < 4.78 is 57.2. The van der Waals surface area contributed by atoms with Crippen LogP contribution in [0.3, 0.4) is 0 Å². The molecule has 142 valence electrons. The van der Waals surface area contributed by atoms with Gasteiger partial charge < -0.3 is 10.5 Å². The summed E-state index contributed by atoms with van der Waals surface area (Å²) in [6.45, 7) is -0.798. The average molecular weight is 381 g/mol. The molecule has 0 bridgehead atoms. The first-order valence-electron chi connectivity index (χ1n) is 7.92. The van der Waals surface area contributed by atoms with Gasteiger partial charge in [-0.05, 0) is 30.7 Å². The third-order valence-corrected chi connectivity index (χ3v) is 3.50. The lowest BCUT2D eigenvalue weighted by Crippen LogP contribution is -2.17. The lowest BCUT2D eigenvalue weighted by atomic mass is 10.1. The van der Waals surface area contributed by atoms with E-state index in [-0.39, 0.29) is 17.3 Å². The molecule has 0 aliphatic carbocycles. The summed E-state index contributed by atoms with van der Waals surface area (Å²) in [6.07, 6.45) is 1.60. The zero-order valence-electron chi connectivity index (χ0n) is 13.9. The Morgan fingerprint density at radius 3 is 2.52 bits per heavy atom. The molecule has 10 heteroatoms. The van der Waals surface area contributed by atoms with Crippen molar-refractivity contribution in [1.29, 1.82) is 0 Å². The number of hydrogen-bond donors (Lipinski definition) is 1. The SMILES string of the molecule is NCCc1cnc(-c2ccc(F)cc2Oc2cnn(CC(F)(F)F)c2)nc1. The molecule has 2 N–H and O–H groups in total. The van der Waals surface area contributed by atoms with Gasteiger partial charge in [0.25, 0.3) is 0 Å². The summed E-state index contributed by atoms with van der Waals surface area (Å²) in [5.74, 6) is -0.191. The van der Waals surface area contributed by atoms with Gasteiger partial charge in [-0.2, -0.15) is 18.3 Å². The van der Waals surface area contributed by atoms with Crippen molar-refractivity contribution >= 4 is 0 Å². The second kappa shape index (κ2) is 7.70. The molecule has 0 radical (unpaired) electrons. The Morgan fingerprint density at radius 1 is 1.11 bits per heavy atom. The highest BCUT2D eigenvalue weighted by molar-refractivity contribution is 5.64. The Kier molecular flexibility index (Phi) is 5.36. The van der Waals surface area contributed by atoms with Crippen LogP contribution in [0.5, 0.6) is 11.5 Å². The second-order valence-electron chi connectivity index (χ2n) is 5.68. The standard InChI is InChI=1S/C17H15F4N5O/c18-12-1-2-14(16-23-6-11(3-4-22)7-24-16)15(5-12)27-13-8-25-26(9-13)10-17(19,20)21/h1-2,5-9H,3-4,10,22H2. The number of benzene rings is 1. The van der Waals surface area contributed by atoms with Gasteiger partial charge in [0, 0.05) is 18.5 Å². The molecule has 0 amide bonds. The summed E-state index contributed by atoms with van der Waals surface area (Å²) in [7, 11) is 0. The quantitative estimate of drug-likeness (QED) is 0.663. The molecule has 2 aromatic heterocycles. The summed E-state index contributed by atoms with van der Waals surface area (Å²) in [4.78, 5) is 8.43. The molecule has 27 heavy (non-hydrogen) atoms. The molecule has 0 atom stereocenters. The van der Waals surface area contributed by atoms with E-state index < -0.39 is 18.5 Å². The topological polar surface area (TPSA) is 78.9 Å². The van der Waals surface area contributed by atoms with Gasteiger partial charge in [0.05, 0.1) is 18.0 Å². The maximum atomic E-state index is 13.7. The van der Waals surface area contributed by atoms with Crippen molar-refractivity contribution in [3.05, 3.63) is 54.4 Å². The maximum absolute atomic E-state index is 13.7. The van der Waals surface area contributed by atoms with Crippen LogP contribution in [0.1, 0.15) is 5.56 Å². The predicted octanol–water partition coefficient (Wildman–Crippen LogP) is 3.34. The largest absolute Gasteiger partial charge is 0.453 e. The number of nitrogens with two attached hydrogens (primary N) is 1. The number of nitrogens with zero attached hydrogens (tertiary/aromatic N) is 4. The Bertz CT molecular complexity index is 908. The molecule has 0 aliphatic heterocycles. The molecule has 3 aromatic rings. The van der Waals surface area contributed by atoms with Crippen LogP contribution in [0.15, 0.2) is 43.0 Å². The highest BCUT2D eigenvalue weighted by Crippen LogP contribution is 2.32. The van der Waals surface area contributed by atoms with Crippen LogP contribution >= 0.6 is 0 Å². The normalized spacial score (nSPS) is 11.6. The fourth-order valence-electron chi connectivity index (χ4n) is 2.35. The van der Waals surface area contributed by atoms with E-state index in [9.17, 15) is 17.6 Å². The van der Waals surface area contributed by atoms with Crippen LogP contribution in [0, 0.1) is 5.82 Å². The number of hydrogen-bond acceptors (Lipinski definition) is 5. The van der Waals surface area contributed by atoms with E-state index in [1.807, 2.05) is 0 Å². The molecule has 0 spiro atoms. The van der Waals surface area contributed by atoms with Gasteiger partial charge in [0.2, 0.25) is 0 Å². The summed E-state index contributed by atoms with van der Waals surface area (Å²) in [5, 5.41) is 3.59. The molecular weight excluding hydrogens is 366 g/mol. The summed E-state index contributed by atoms with van der Waals surface area (Å²) in [5.41, 5.74) is 6.72. The highest BCUT2D eigenvalue weighted by Gasteiger charge is 2.28. The Morgan fingerprint density at radius 2 is 1.85 bits per heavy atom. The smallest absolute Gasteiger partial charge is 0.408 e. The van der Waals surface area contributed by atoms with Crippen molar-refractivity contribution in [2.75, 3.05) is 6.54 Å². The third-order valence-electron chi connectivity index (χ3n) is 3.50. The number of rotatable bonds is 6. The minimum Gasteiger partial charge on any atom is -0.453 e. The zero-order valence-corrected chi connectivity index (χ0v) is 13.9. The van der Waals surface area contributed by atoms with Gasteiger partial charge in [-0.1, -0.05) is 0 Å². The van der Waals surface area contributed by atoms with Crippen molar-refractivity contribution in [3.63, 3.8) is 0 Å². The van der Waals surface area contributed by atoms with Crippen molar-refractivity contribution in [1.82, 2.24) is 19.7 Å². The van der Waals surface area contributed by atoms with Crippen LogP contribution in [-0.4, -0.2) is 32.5 Å². The van der Waals surface area contributed by atoms with Crippen LogP contribution in [0.2, 0.25) is 0 Å². The first-order valence-corrected chi connectivity index (χ1v) is 7.92. The van der Waals surface area contributed by atoms with Crippen molar-refractivity contribution < 1.29 is 22.3 Å². The Balaban J connectivity index is 1.86. The van der Waals surface area contributed by atoms with Gasteiger partial charge in [0.15, 0.2) is 11.6 Å². The molecule has 3 rings (SSSR count). The summed E-state index contributed by atoms with van der Waals surface area (Å²) >= 11 is 0. The molecule has 0 fully saturated rings. The first kappa shape index (κ1) is 18.8. The van der Waals surface area contributed by atoms with E-state index in [0.29, 0.717) is 23.2 Å². The minimum atomic E-state index is -4.41. The van der Waals surface area contributed by atoms with Crippen LogP contribution < -0.4 is 10.5 Å². The van der Waals surface area contributed by atoms with E-state index in [1.54, 1.807) is 12.4 Å². The Hall–Kier alpha value is -3.01. The first-order chi connectivity index (χ1) is 12.8. The van der Waals surface area contributed by atoms with E-state index in [4.69, 9.17) is 10.5 Å². The minimum absolute atomic E-state index is 0.0332. The Labute approximate surface area is 151 Å². The number of halogens is 4. The van der Waals surface area contributed by atoms with E-state index in [2.05, 4.69) is 15.1 Å². The molecule has 0 aliphatic rings. The number of alkyl halides is 3. The fourth-order valence-corrected chi connectivity index (χ4v) is 2.35. The number of ether oxygens (including phenoxy) is 1. The van der Waals surface area contributed by atoms with Crippen molar-refractivity contribution in [2.45, 2.75) is 19.1 Å². The van der Waals surface area contributed by atoms with Crippen LogP contribution in [0.25, 0.3) is 11.4 Å². The third kappa shape index (κ3) is 5.00. The molecular formula is C17H15F4N5O. The molecule has 2 heterocycles. The fraction of sp³-hybridized carbons (Fsp3) is 0.235. The maximum Gasteiger partial charge on any atom is 0.408 e. The van der Waals surface area contributed by atoms with Crippen LogP contribution in [-0.2, 0) is 13.0 Å². The van der Waals surface area contributed by atoms with E-state index in [1.165, 1.54) is 12.1 Å². The average Bonchev–Trinajstić information content (AvgIpc) is 3.01. The van der Waals surface area contributed by atoms with Gasteiger partial charge in [-0.3, -0.25) is 4.68 Å². The van der Waals surface area contributed by atoms with Crippen molar-refractivity contribution in [3.8, 4) is 22.9 Å². The molecule has 0 saturated carbocycles. The van der Waals surface area contributed by atoms with Gasteiger partial charge in [0.1, 0.15) is 18.1 Å².